The molecule has 3 aromatic heterocycles. The first-order valence-corrected chi connectivity index (χ1v) is 10.6. The monoisotopic (exact) mass is 412 g/mol. The smallest absolute Gasteiger partial charge is 0.272 e. The number of nitrogens with zero attached hydrogens (tertiary/aromatic N) is 3. The minimum atomic E-state index is -0.0553. The van der Waals surface area contributed by atoms with Crippen LogP contribution in [-0.2, 0) is 0 Å². The Bertz CT molecular complexity index is 1210. The fourth-order valence-electron chi connectivity index (χ4n) is 4.12. The maximum atomic E-state index is 12.9. The van der Waals surface area contributed by atoms with E-state index in [9.17, 15) is 9.90 Å². The standard InChI is InChI=1S/C25H24N4O2/c30-16-17-9-11-29(12-10-17)25(31)22-8-4-7-21(27-22)20-13-19-14-23(28-24(19)26-15-20)18-5-2-1-3-6-18/h1-8,13-15,17,30H,9-12,16H2,(H,26,28). The average molecular weight is 412 g/mol. The largest absolute Gasteiger partial charge is 0.396 e. The van der Waals surface area contributed by atoms with Crippen molar-refractivity contribution < 1.29 is 9.90 Å². The molecule has 6 heteroatoms. The summed E-state index contributed by atoms with van der Waals surface area (Å²) >= 11 is 0. The molecule has 31 heavy (non-hydrogen) atoms. The number of piperidine rings is 1. The lowest BCUT2D eigenvalue weighted by atomic mass is 9.97. The highest BCUT2D eigenvalue weighted by atomic mass is 16.3. The lowest BCUT2D eigenvalue weighted by Crippen LogP contribution is -2.39. The maximum absolute atomic E-state index is 12.9. The van der Waals surface area contributed by atoms with Gasteiger partial charge in [0.15, 0.2) is 0 Å². The molecule has 5 rings (SSSR count). The molecule has 2 N–H and O–H groups in total. The number of H-pyrrole nitrogens is 1. The van der Waals surface area contributed by atoms with Crippen LogP contribution in [0.1, 0.15) is 23.3 Å². The number of fused-ring (bicyclic) bond motifs is 1. The summed E-state index contributed by atoms with van der Waals surface area (Å²) in [6, 6.07) is 19.8. The molecule has 0 saturated carbocycles. The molecule has 1 saturated heterocycles. The molecule has 156 valence electrons. The van der Waals surface area contributed by atoms with Gasteiger partial charge in [0.1, 0.15) is 11.3 Å². The summed E-state index contributed by atoms with van der Waals surface area (Å²) in [5.41, 5.74) is 4.99. The number of benzene rings is 1. The van der Waals surface area contributed by atoms with Crippen molar-refractivity contribution in [2.24, 2.45) is 5.92 Å². The fourth-order valence-corrected chi connectivity index (χ4v) is 4.12. The molecular formula is C25H24N4O2. The van der Waals surface area contributed by atoms with Gasteiger partial charge in [-0.25, -0.2) is 9.97 Å². The van der Waals surface area contributed by atoms with Crippen molar-refractivity contribution in [2.45, 2.75) is 12.8 Å². The number of aliphatic hydroxyl groups excluding tert-OH is 1. The molecule has 0 bridgehead atoms. The van der Waals surface area contributed by atoms with Gasteiger partial charge in [0.25, 0.3) is 5.91 Å². The van der Waals surface area contributed by atoms with E-state index in [0.29, 0.717) is 24.7 Å². The molecule has 1 aromatic carbocycles. The topological polar surface area (TPSA) is 82.1 Å². The molecule has 4 aromatic rings. The Morgan fingerprint density at radius 2 is 1.84 bits per heavy atom. The zero-order valence-electron chi connectivity index (χ0n) is 17.2. The third kappa shape index (κ3) is 3.94. The van der Waals surface area contributed by atoms with Crippen molar-refractivity contribution in [3.05, 3.63) is 72.6 Å². The van der Waals surface area contributed by atoms with Crippen molar-refractivity contribution in [2.75, 3.05) is 19.7 Å². The molecule has 6 nitrogen and oxygen atoms in total. The lowest BCUT2D eigenvalue weighted by molar-refractivity contribution is 0.0645. The van der Waals surface area contributed by atoms with Crippen LogP contribution in [0.25, 0.3) is 33.5 Å². The van der Waals surface area contributed by atoms with E-state index < -0.39 is 0 Å². The predicted octanol–water partition coefficient (Wildman–Crippen LogP) is 4.14. The quantitative estimate of drug-likeness (QED) is 0.528. The highest BCUT2D eigenvalue weighted by molar-refractivity contribution is 5.93. The Kier molecular flexibility index (Phi) is 5.22. The van der Waals surface area contributed by atoms with E-state index in [1.54, 1.807) is 12.3 Å². The Morgan fingerprint density at radius 1 is 1.03 bits per heavy atom. The number of hydrogen-bond donors (Lipinski definition) is 2. The summed E-state index contributed by atoms with van der Waals surface area (Å²) in [5, 5.41) is 10.3. The van der Waals surface area contributed by atoms with Crippen LogP contribution in [0.15, 0.2) is 66.9 Å². The number of aromatic nitrogens is 3. The Hall–Kier alpha value is -3.51. The van der Waals surface area contributed by atoms with Crippen molar-refractivity contribution in [1.82, 2.24) is 19.9 Å². The second kappa shape index (κ2) is 8.32. The number of hydrogen-bond acceptors (Lipinski definition) is 4. The van der Waals surface area contributed by atoms with Crippen LogP contribution in [0.3, 0.4) is 0 Å². The Labute approximate surface area is 180 Å². The molecule has 0 radical (unpaired) electrons. The summed E-state index contributed by atoms with van der Waals surface area (Å²) in [4.78, 5) is 27.3. The van der Waals surface area contributed by atoms with Crippen molar-refractivity contribution in [1.29, 1.82) is 0 Å². The third-order valence-corrected chi connectivity index (χ3v) is 5.98. The number of carbonyl (C=O) groups is 1. The van der Waals surface area contributed by atoms with Crippen LogP contribution >= 0.6 is 0 Å². The molecule has 4 heterocycles. The van der Waals surface area contributed by atoms with Gasteiger partial charge in [-0.1, -0.05) is 36.4 Å². The summed E-state index contributed by atoms with van der Waals surface area (Å²) < 4.78 is 0. The molecule has 1 aliphatic heterocycles. The van der Waals surface area contributed by atoms with Gasteiger partial charge in [0, 0.05) is 42.5 Å². The van der Waals surface area contributed by atoms with E-state index in [1.807, 2.05) is 35.2 Å². The van der Waals surface area contributed by atoms with Crippen LogP contribution in [-0.4, -0.2) is 50.6 Å². The number of likely N-dealkylation sites (tertiary alicyclic amines) is 1. The molecule has 1 fully saturated rings. The normalized spacial score (nSPS) is 14.8. The highest BCUT2D eigenvalue weighted by Crippen LogP contribution is 2.27. The first-order valence-electron chi connectivity index (χ1n) is 10.6. The number of aromatic amines is 1. The first kappa shape index (κ1) is 19.5. The molecule has 0 spiro atoms. The van der Waals surface area contributed by atoms with E-state index in [4.69, 9.17) is 0 Å². The second-order valence-corrected chi connectivity index (χ2v) is 8.04. The van der Waals surface area contributed by atoms with Crippen LogP contribution < -0.4 is 0 Å². The Morgan fingerprint density at radius 3 is 2.61 bits per heavy atom. The van der Waals surface area contributed by atoms with Crippen LogP contribution in [0.4, 0.5) is 0 Å². The summed E-state index contributed by atoms with van der Waals surface area (Å²) in [6.45, 7) is 1.51. The molecule has 0 atom stereocenters. The number of nitrogens with one attached hydrogen (secondary N) is 1. The minimum absolute atomic E-state index is 0.0553. The van der Waals surface area contributed by atoms with E-state index in [0.717, 1.165) is 46.4 Å². The van der Waals surface area contributed by atoms with Crippen molar-refractivity contribution in [3.63, 3.8) is 0 Å². The minimum Gasteiger partial charge on any atom is -0.396 e. The number of rotatable bonds is 4. The van der Waals surface area contributed by atoms with Crippen LogP contribution in [0.2, 0.25) is 0 Å². The first-order chi connectivity index (χ1) is 15.2. The third-order valence-electron chi connectivity index (χ3n) is 5.98. The van der Waals surface area contributed by atoms with E-state index >= 15 is 0 Å². The Balaban J connectivity index is 1.41. The predicted molar refractivity (Wildman–Crippen MR) is 120 cm³/mol. The van der Waals surface area contributed by atoms with E-state index in [2.05, 4.69) is 39.2 Å². The van der Waals surface area contributed by atoms with Crippen molar-refractivity contribution in [3.8, 4) is 22.5 Å². The van der Waals surface area contributed by atoms with Gasteiger partial charge >= 0.3 is 0 Å². The maximum Gasteiger partial charge on any atom is 0.272 e. The second-order valence-electron chi connectivity index (χ2n) is 8.04. The molecule has 1 amide bonds. The zero-order chi connectivity index (χ0) is 21.2. The summed E-state index contributed by atoms with van der Waals surface area (Å²) in [7, 11) is 0. The molecule has 1 aliphatic rings. The number of carbonyl (C=O) groups excluding carboxylic acids is 1. The van der Waals surface area contributed by atoms with Gasteiger partial charge in [-0.3, -0.25) is 4.79 Å². The summed E-state index contributed by atoms with van der Waals surface area (Å²) in [5.74, 6) is 0.239. The number of amides is 1. The molecule has 0 aliphatic carbocycles. The van der Waals surface area contributed by atoms with Gasteiger partial charge in [0.05, 0.1) is 5.69 Å². The van der Waals surface area contributed by atoms with E-state index in [-0.39, 0.29) is 12.5 Å². The summed E-state index contributed by atoms with van der Waals surface area (Å²) in [6.07, 6.45) is 3.45. The van der Waals surface area contributed by atoms with Crippen LogP contribution in [0, 0.1) is 5.92 Å². The molecule has 0 unspecified atom stereocenters. The zero-order valence-corrected chi connectivity index (χ0v) is 17.2. The van der Waals surface area contributed by atoms with Gasteiger partial charge in [-0.2, -0.15) is 0 Å². The van der Waals surface area contributed by atoms with Gasteiger partial charge in [-0.15, -0.1) is 0 Å². The number of pyridine rings is 2. The average Bonchev–Trinajstić information content (AvgIpc) is 3.28. The van der Waals surface area contributed by atoms with Crippen LogP contribution in [0.5, 0.6) is 0 Å². The van der Waals surface area contributed by atoms with Crippen molar-refractivity contribution >= 4 is 16.9 Å². The lowest BCUT2D eigenvalue weighted by Gasteiger charge is -2.30. The van der Waals surface area contributed by atoms with E-state index in [1.165, 1.54) is 0 Å². The number of aliphatic hydroxyl groups is 1. The van der Waals surface area contributed by atoms with Gasteiger partial charge < -0.3 is 15.0 Å². The van der Waals surface area contributed by atoms with Gasteiger partial charge in [-0.05, 0) is 48.6 Å². The SMILES string of the molecule is O=C(c1cccc(-c2cnc3[nH]c(-c4ccccc4)cc3c2)n1)N1CCC(CO)CC1. The van der Waals surface area contributed by atoms with Gasteiger partial charge in [0.2, 0.25) is 0 Å². The highest BCUT2D eigenvalue weighted by Gasteiger charge is 2.24. The fraction of sp³-hybridized carbons (Fsp3) is 0.240. The molecular weight excluding hydrogens is 388 g/mol.